The van der Waals surface area contributed by atoms with Crippen molar-refractivity contribution in [2.24, 2.45) is 5.92 Å². The SMILES string of the molecule is O=C(NC[C@H]1CNC[C@@H]1F)OCc1ccccc1. The quantitative estimate of drug-likeness (QED) is 0.853. The monoisotopic (exact) mass is 252 g/mol. The molecule has 0 bridgehead atoms. The number of rotatable bonds is 4. The van der Waals surface area contributed by atoms with Crippen LogP contribution in [0.4, 0.5) is 9.18 Å². The van der Waals surface area contributed by atoms with Crippen LogP contribution in [0.25, 0.3) is 0 Å². The number of nitrogens with one attached hydrogen (secondary N) is 2. The molecule has 0 unspecified atom stereocenters. The average Bonchev–Trinajstić information content (AvgIpc) is 2.81. The van der Waals surface area contributed by atoms with Crippen molar-refractivity contribution in [1.29, 1.82) is 0 Å². The molecule has 2 N–H and O–H groups in total. The van der Waals surface area contributed by atoms with Gasteiger partial charge in [-0.05, 0) is 5.56 Å². The minimum atomic E-state index is -0.889. The number of halogens is 1. The van der Waals surface area contributed by atoms with E-state index in [9.17, 15) is 9.18 Å². The molecule has 2 rings (SSSR count). The molecule has 1 saturated heterocycles. The Hall–Kier alpha value is -1.62. The first kappa shape index (κ1) is 12.8. The van der Waals surface area contributed by atoms with Crippen LogP contribution in [0.15, 0.2) is 30.3 Å². The maximum atomic E-state index is 13.2. The van der Waals surface area contributed by atoms with Crippen molar-refractivity contribution >= 4 is 6.09 Å². The molecule has 1 aromatic rings. The summed E-state index contributed by atoms with van der Waals surface area (Å²) in [5.41, 5.74) is 0.929. The molecule has 2 atom stereocenters. The van der Waals surface area contributed by atoms with Crippen molar-refractivity contribution in [2.45, 2.75) is 12.8 Å². The molecule has 0 aliphatic carbocycles. The number of amides is 1. The maximum Gasteiger partial charge on any atom is 0.407 e. The first-order valence-corrected chi connectivity index (χ1v) is 6.05. The minimum Gasteiger partial charge on any atom is -0.445 e. The van der Waals surface area contributed by atoms with Gasteiger partial charge in [-0.3, -0.25) is 0 Å². The van der Waals surface area contributed by atoms with Crippen molar-refractivity contribution in [3.63, 3.8) is 0 Å². The summed E-state index contributed by atoms with van der Waals surface area (Å²) >= 11 is 0. The third-order valence-corrected chi connectivity index (χ3v) is 2.98. The van der Waals surface area contributed by atoms with Gasteiger partial charge in [-0.15, -0.1) is 0 Å². The van der Waals surface area contributed by atoms with Crippen molar-refractivity contribution < 1.29 is 13.9 Å². The molecule has 4 nitrogen and oxygen atoms in total. The number of alkyl carbamates (subject to hydrolysis) is 1. The predicted molar refractivity (Wildman–Crippen MR) is 65.9 cm³/mol. The number of alkyl halides is 1. The van der Waals surface area contributed by atoms with Gasteiger partial charge in [0.1, 0.15) is 12.8 Å². The second-order valence-corrected chi connectivity index (χ2v) is 4.38. The Morgan fingerprint density at radius 2 is 2.17 bits per heavy atom. The Morgan fingerprint density at radius 1 is 1.39 bits per heavy atom. The molecule has 0 aromatic heterocycles. The highest BCUT2D eigenvalue weighted by Gasteiger charge is 2.26. The van der Waals surface area contributed by atoms with Gasteiger partial charge in [0.05, 0.1) is 0 Å². The Kier molecular flexibility index (Phi) is 4.52. The lowest BCUT2D eigenvalue weighted by atomic mass is 10.1. The van der Waals surface area contributed by atoms with Crippen molar-refractivity contribution in [1.82, 2.24) is 10.6 Å². The minimum absolute atomic E-state index is 0.158. The summed E-state index contributed by atoms with van der Waals surface area (Å²) in [6, 6.07) is 9.43. The number of hydrogen-bond donors (Lipinski definition) is 2. The molecule has 0 spiro atoms. The van der Waals surface area contributed by atoms with E-state index in [-0.39, 0.29) is 12.5 Å². The zero-order valence-electron chi connectivity index (χ0n) is 10.1. The Morgan fingerprint density at radius 3 is 2.83 bits per heavy atom. The smallest absolute Gasteiger partial charge is 0.407 e. The highest BCUT2D eigenvalue weighted by molar-refractivity contribution is 5.67. The number of benzene rings is 1. The molecule has 1 aliphatic rings. The van der Waals surface area contributed by atoms with E-state index >= 15 is 0 Å². The number of ether oxygens (including phenoxy) is 1. The topological polar surface area (TPSA) is 50.4 Å². The van der Waals surface area contributed by atoms with Crippen molar-refractivity contribution in [3.8, 4) is 0 Å². The molecule has 1 aliphatic heterocycles. The molecular formula is C13H17FN2O2. The zero-order valence-corrected chi connectivity index (χ0v) is 10.1. The molecule has 98 valence electrons. The molecule has 5 heteroatoms. The summed E-state index contributed by atoms with van der Waals surface area (Å²) in [7, 11) is 0. The summed E-state index contributed by atoms with van der Waals surface area (Å²) in [6.07, 6.45) is -1.39. The highest BCUT2D eigenvalue weighted by Crippen LogP contribution is 2.11. The van der Waals surface area contributed by atoms with E-state index in [0.29, 0.717) is 19.6 Å². The van der Waals surface area contributed by atoms with Crippen LogP contribution < -0.4 is 10.6 Å². The van der Waals surface area contributed by atoms with Gasteiger partial charge in [-0.2, -0.15) is 0 Å². The normalized spacial score (nSPS) is 22.7. The summed E-state index contributed by atoms with van der Waals surface area (Å²) < 4.78 is 18.3. The van der Waals surface area contributed by atoms with Crippen LogP contribution in [-0.4, -0.2) is 31.9 Å². The molecule has 1 fully saturated rings. The summed E-state index contributed by atoms with van der Waals surface area (Å²) in [4.78, 5) is 11.4. The number of carbonyl (C=O) groups excluding carboxylic acids is 1. The fourth-order valence-electron chi connectivity index (χ4n) is 1.89. The van der Waals surface area contributed by atoms with E-state index < -0.39 is 12.3 Å². The Balaban J connectivity index is 1.66. The van der Waals surface area contributed by atoms with Crippen molar-refractivity contribution in [2.75, 3.05) is 19.6 Å². The van der Waals surface area contributed by atoms with E-state index in [1.165, 1.54) is 0 Å². The number of carbonyl (C=O) groups is 1. The van der Waals surface area contributed by atoms with Gasteiger partial charge in [-0.25, -0.2) is 9.18 Å². The average molecular weight is 252 g/mol. The highest BCUT2D eigenvalue weighted by atomic mass is 19.1. The molecular weight excluding hydrogens is 235 g/mol. The molecule has 18 heavy (non-hydrogen) atoms. The third kappa shape index (κ3) is 3.70. The van der Waals surface area contributed by atoms with Crippen LogP contribution in [0.3, 0.4) is 0 Å². The fraction of sp³-hybridized carbons (Fsp3) is 0.462. The summed E-state index contributed by atoms with van der Waals surface area (Å²) in [5.74, 6) is -0.158. The Labute approximate surface area is 106 Å². The lowest BCUT2D eigenvalue weighted by Gasteiger charge is -2.12. The number of hydrogen-bond acceptors (Lipinski definition) is 3. The molecule has 0 radical (unpaired) electrons. The largest absolute Gasteiger partial charge is 0.445 e. The maximum absolute atomic E-state index is 13.2. The van der Waals surface area contributed by atoms with E-state index in [1.807, 2.05) is 30.3 Å². The predicted octanol–water partition coefficient (Wildman–Crippen LogP) is 1.47. The van der Waals surface area contributed by atoms with Gasteiger partial charge in [0.15, 0.2) is 0 Å². The van der Waals surface area contributed by atoms with E-state index in [1.54, 1.807) is 0 Å². The van der Waals surface area contributed by atoms with Crippen LogP contribution in [0, 0.1) is 5.92 Å². The zero-order chi connectivity index (χ0) is 12.8. The molecule has 1 amide bonds. The second-order valence-electron chi connectivity index (χ2n) is 4.38. The standard InChI is InChI=1S/C13H17FN2O2/c14-12-8-15-6-11(12)7-16-13(17)18-9-10-4-2-1-3-5-10/h1-5,11-12,15H,6-9H2,(H,16,17)/t11-,12+/m1/s1. The van der Waals surface area contributed by atoms with Crippen LogP contribution >= 0.6 is 0 Å². The van der Waals surface area contributed by atoms with E-state index in [4.69, 9.17) is 4.74 Å². The first-order valence-electron chi connectivity index (χ1n) is 6.05. The second kappa shape index (κ2) is 6.35. The fourth-order valence-corrected chi connectivity index (χ4v) is 1.89. The van der Waals surface area contributed by atoms with Gasteiger partial charge >= 0.3 is 6.09 Å². The first-order chi connectivity index (χ1) is 8.75. The van der Waals surface area contributed by atoms with Gasteiger partial charge in [0.25, 0.3) is 0 Å². The van der Waals surface area contributed by atoms with Gasteiger partial charge < -0.3 is 15.4 Å². The van der Waals surface area contributed by atoms with Crippen molar-refractivity contribution in [3.05, 3.63) is 35.9 Å². The van der Waals surface area contributed by atoms with Crippen LogP contribution in [0.5, 0.6) is 0 Å². The molecule has 1 aromatic carbocycles. The summed E-state index contributed by atoms with van der Waals surface area (Å²) in [6.45, 7) is 1.50. The van der Waals surface area contributed by atoms with Gasteiger partial charge in [-0.1, -0.05) is 30.3 Å². The lowest BCUT2D eigenvalue weighted by molar-refractivity contribution is 0.136. The summed E-state index contributed by atoms with van der Waals surface area (Å²) in [5, 5.41) is 5.52. The van der Waals surface area contributed by atoms with Crippen LogP contribution in [-0.2, 0) is 11.3 Å². The molecule has 1 heterocycles. The van der Waals surface area contributed by atoms with Gasteiger partial charge in [0, 0.05) is 25.6 Å². The Bertz CT molecular complexity index is 386. The third-order valence-electron chi connectivity index (χ3n) is 2.98. The van der Waals surface area contributed by atoms with E-state index in [2.05, 4.69) is 10.6 Å². The van der Waals surface area contributed by atoms with E-state index in [0.717, 1.165) is 5.56 Å². The van der Waals surface area contributed by atoms with Crippen LogP contribution in [0.1, 0.15) is 5.56 Å². The lowest BCUT2D eigenvalue weighted by Crippen LogP contribution is -2.33. The van der Waals surface area contributed by atoms with Gasteiger partial charge in [0.2, 0.25) is 0 Å². The van der Waals surface area contributed by atoms with Crippen LogP contribution in [0.2, 0.25) is 0 Å². The molecule has 0 saturated carbocycles.